The van der Waals surface area contributed by atoms with E-state index < -0.39 is 11.8 Å². The number of carbonyl (C=O) groups excluding carboxylic acids is 2. The number of rotatable bonds is 7. The topological polar surface area (TPSA) is 104 Å². The fraction of sp³-hybridized carbons (Fsp3) is 0.222. The molecular weight excluding hydrogens is 459 g/mol. The molecule has 1 aliphatic rings. The van der Waals surface area contributed by atoms with Gasteiger partial charge < -0.3 is 9.47 Å². The lowest BCUT2D eigenvalue weighted by Crippen LogP contribution is -2.34. The third-order valence-electron chi connectivity index (χ3n) is 5.93. The largest absolute Gasteiger partial charge is 0.497 e. The van der Waals surface area contributed by atoms with Crippen molar-refractivity contribution in [1.29, 1.82) is 0 Å². The van der Waals surface area contributed by atoms with Crippen LogP contribution in [0.3, 0.4) is 0 Å². The molecule has 0 atom stereocenters. The summed E-state index contributed by atoms with van der Waals surface area (Å²) in [5, 5.41) is 0.369. The highest BCUT2D eigenvalue weighted by Gasteiger charge is 2.38. The third-order valence-corrected chi connectivity index (χ3v) is 5.93. The molecule has 0 unspecified atom stereocenters. The van der Waals surface area contributed by atoms with Gasteiger partial charge in [0, 0.05) is 19.2 Å². The average Bonchev–Trinajstić information content (AvgIpc) is 3.12. The van der Waals surface area contributed by atoms with Gasteiger partial charge in [-0.2, -0.15) is 0 Å². The SMILES string of the molecule is CC(C)Oc1cccc2c1C(=O)N(CCc1nc3ncccc3c(=O)n1-c1ccc(O[11CH3])cc1)C2=O. The Bertz CT molecular complexity index is 1540. The lowest BCUT2D eigenvalue weighted by atomic mass is 10.1. The van der Waals surface area contributed by atoms with Crippen molar-refractivity contribution in [3.63, 3.8) is 0 Å². The van der Waals surface area contributed by atoms with Crippen molar-refractivity contribution in [2.45, 2.75) is 26.4 Å². The molecule has 9 nitrogen and oxygen atoms in total. The summed E-state index contributed by atoms with van der Waals surface area (Å²) in [6.07, 6.45) is 1.57. The average molecular weight is 484 g/mol. The normalized spacial score (nSPS) is 12.9. The minimum Gasteiger partial charge on any atom is -0.497 e. The van der Waals surface area contributed by atoms with Crippen LogP contribution >= 0.6 is 0 Å². The van der Waals surface area contributed by atoms with E-state index in [0.717, 1.165) is 0 Å². The summed E-state index contributed by atoms with van der Waals surface area (Å²) in [4.78, 5) is 49.8. The second-order valence-corrected chi connectivity index (χ2v) is 8.60. The van der Waals surface area contributed by atoms with Gasteiger partial charge in [-0.3, -0.25) is 23.9 Å². The highest BCUT2D eigenvalue weighted by atomic mass is 16.5. The maximum Gasteiger partial charge on any atom is 0.267 e. The van der Waals surface area contributed by atoms with Crippen LogP contribution in [0, 0.1) is 0 Å². The zero-order chi connectivity index (χ0) is 25.4. The van der Waals surface area contributed by atoms with Crippen LogP contribution in [0.15, 0.2) is 65.6 Å². The number of ether oxygens (including phenoxy) is 2. The number of carbonyl (C=O) groups is 2. The summed E-state index contributed by atoms with van der Waals surface area (Å²) < 4.78 is 12.5. The van der Waals surface area contributed by atoms with Crippen molar-refractivity contribution in [3.8, 4) is 17.2 Å². The van der Waals surface area contributed by atoms with Gasteiger partial charge >= 0.3 is 0 Å². The molecule has 36 heavy (non-hydrogen) atoms. The molecule has 5 rings (SSSR count). The lowest BCUT2D eigenvalue weighted by molar-refractivity contribution is 0.0654. The van der Waals surface area contributed by atoms with Crippen molar-refractivity contribution >= 4 is 22.8 Å². The second-order valence-electron chi connectivity index (χ2n) is 8.60. The van der Waals surface area contributed by atoms with Crippen LogP contribution in [0.25, 0.3) is 16.7 Å². The van der Waals surface area contributed by atoms with Gasteiger partial charge in [0.05, 0.1) is 35.4 Å². The van der Waals surface area contributed by atoms with Crippen molar-refractivity contribution in [2.75, 3.05) is 13.7 Å². The van der Waals surface area contributed by atoms with Crippen LogP contribution in [0.1, 0.15) is 40.4 Å². The Balaban J connectivity index is 1.52. The molecule has 4 aromatic rings. The van der Waals surface area contributed by atoms with Crippen LogP contribution in [-0.4, -0.2) is 51.0 Å². The monoisotopic (exact) mass is 483 g/mol. The van der Waals surface area contributed by atoms with Crippen LogP contribution in [0.5, 0.6) is 11.5 Å². The van der Waals surface area contributed by atoms with Gasteiger partial charge in [-0.05, 0) is 62.4 Å². The maximum absolute atomic E-state index is 13.4. The number of nitrogens with zero attached hydrogens (tertiary/aromatic N) is 4. The fourth-order valence-corrected chi connectivity index (χ4v) is 4.30. The van der Waals surface area contributed by atoms with Crippen molar-refractivity contribution in [3.05, 3.63) is 88.1 Å². The number of pyridine rings is 1. The molecule has 2 aromatic heterocycles. The van der Waals surface area contributed by atoms with Crippen LogP contribution in [-0.2, 0) is 6.42 Å². The van der Waals surface area contributed by atoms with E-state index in [1.165, 1.54) is 9.47 Å². The molecule has 0 N–H and O–H groups in total. The molecule has 182 valence electrons. The summed E-state index contributed by atoms with van der Waals surface area (Å²) in [6, 6.07) is 15.4. The number of methoxy groups -OCH3 is 1. The van der Waals surface area contributed by atoms with E-state index in [4.69, 9.17) is 9.47 Å². The van der Waals surface area contributed by atoms with Crippen LogP contribution < -0.4 is 15.0 Å². The molecule has 0 saturated heterocycles. The molecule has 2 aromatic carbocycles. The van der Waals surface area contributed by atoms with Gasteiger partial charge in [0.1, 0.15) is 17.3 Å². The first kappa shape index (κ1) is 23.2. The number of imide groups is 1. The predicted molar refractivity (Wildman–Crippen MR) is 133 cm³/mol. The molecule has 1 aliphatic heterocycles. The smallest absolute Gasteiger partial charge is 0.267 e. The Hall–Kier alpha value is -4.53. The molecule has 0 bridgehead atoms. The van der Waals surface area contributed by atoms with Gasteiger partial charge in [0.15, 0.2) is 5.65 Å². The number of amides is 2. The fourth-order valence-electron chi connectivity index (χ4n) is 4.30. The second kappa shape index (κ2) is 9.26. The van der Waals surface area contributed by atoms with Gasteiger partial charge in [0.2, 0.25) is 0 Å². The summed E-state index contributed by atoms with van der Waals surface area (Å²) in [5.41, 5.74) is 1.17. The van der Waals surface area contributed by atoms with Gasteiger partial charge in [0.25, 0.3) is 17.4 Å². The molecule has 0 spiro atoms. The van der Waals surface area contributed by atoms with Crippen molar-refractivity contribution in [2.24, 2.45) is 0 Å². The van der Waals surface area contributed by atoms with Gasteiger partial charge in [-0.15, -0.1) is 0 Å². The molecule has 0 fully saturated rings. The van der Waals surface area contributed by atoms with E-state index in [0.29, 0.717) is 39.6 Å². The molecule has 9 heteroatoms. The number of hydrogen-bond donors (Lipinski definition) is 0. The Labute approximate surface area is 206 Å². The van der Waals surface area contributed by atoms with E-state index in [-0.39, 0.29) is 30.2 Å². The molecule has 0 saturated carbocycles. The zero-order valence-electron chi connectivity index (χ0n) is 20.1. The molecule has 0 aliphatic carbocycles. The Morgan fingerprint density at radius 2 is 1.72 bits per heavy atom. The summed E-state index contributed by atoms with van der Waals surface area (Å²) in [7, 11) is 1.57. The Kier molecular flexibility index (Phi) is 5.97. The predicted octanol–water partition coefficient (Wildman–Crippen LogP) is 3.42. The Morgan fingerprint density at radius 3 is 2.44 bits per heavy atom. The lowest BCUT2D eigenvalue weighted by Gasteiger charge is -2.17. The van der Waals surface area contributed by atoms with E-state index in [9.17, 15) is 14.4 Å². The molecular formula is C27H24N4O5. The zero-order valence-corrected chi connectivity index (χ0v) is 20.1. The first-order valence-electron chi connectivity index (χ1n) is 11.6. The van der Waals surface area contributed by atoms with Crippen molar-refractivity contribution in [1.82, 2.24) is 19.4 Å². The quantitative estimate of drug-likeness (QED) is 0.371. The standard InChI is InChI=1S/C27H24N4O5/c1-16(2)36-21-8-4-6-19-23(21)27(34)30(25(19)32)15-13-22-29-24-20(7-5-14-28-24)26(33)31(22)17-9-11-18(35-3)12-10-17/h4-12,14,16H,13,15H2,1-3H3/i3-1. The highest BCUT2D eigenvalue weighted by molar-refractivity contribution is 6.22. The van der Waals surface area contributed by atoms with Crippen LogP contribution in [0.4, 0.5) is 0 Å². The van der Waals surface area contributed by atoms with Crippen LogP contribution in [0.2, 0.25) is 0 Å². The summed E-state index contributed by atoms with van der Waals surface area (Å²) in [5.74, 6) is 0.581. The minimum atomic E-state index is -0.427. The van der Waals surface area contributed by atoms with Gasteiger partial charge in [-0.1, -0.05) is 6.07 Å². The highest BCUT2D eigenvalue weighted by Crippen LogP contribution is 2.31. The number of benzene rings is 2. The van der Waals surface area contributed by atoms with E-state index in [2.05, 4.69) is 9.97 Å². The van der Waals surface area contributed by atoms with Crippen molar-refractivity contribution < 1.29 is 19.1 Å². The van der Waals surface area contributed by atoms with E-state index >= 15 is 0 Å². The Morgan fingerprint density at radius 1 is 0.944 bits per heavy atom. The first-order valence-corrected chi connectivity index (χ1v) is 11.6. The molecule has 0 radical (unpaired) electrons. The van der Waals surface area contributed by atoms with E-state index in [1.807, 2.05) is 13.8 Å². The number of aromatic nitrogens is 3. The maximum atomic E-state index is 13.4. The summed E-state index contributed by atoms with van der Waals surface area (Å²) >= 11 is 0. The first-order chi connectivity index (χ1) is 17.4. The summed E-state index contributed by atoms with van der Waals surface area (Å²) in [6.45, 7) is 3.75. The molecule has 3 heterocycles. The number of fused-ring (bicyclic) bond motifs is 2. The molecule has 2 amide bonds. The van der Waals surface area contributed by atoms with Gasteiger partial charge in [-0.25, -0.2) is 9.97 Å². The third kappa shape index (κ3) is 3.98. The van der Waals surface area contributed by atoms with E-state index in [1.54, 1.807) is 67.9 Å². The minimum absolute atomic E-state index is 0.0361. The number of hydrogen-bond acceptors (Lipinski definition) is 7.